The fourth-order valence-corrected chi connectivity index (χ4v) is 3.96. The molecule has 0 saturated carbocycles. The first-order valence-corrected chi connectivity index (χ1v) is 9.52. The maximum atomic E-state index is 11.7. The zero-order valence-electron chi connectivity index (χ0n) is 15.2. The Morgan fingerprint density at radius 2 is 1.92 bits per heavy atom. The first kappa shape index (κ1) is 17.9. The van der Waals surface area contributed by atoms with E-state index >= 15 is 0 Å². The van der Waals surface area contributed by atoms with Gasteiger partial charge in [-0.05, 0) is 31.6 Å². The number of anilines is 2. The van der Waals surface area contributed by atoms with E-state index < -0.39 is 0 Å². The number of carbonyl (C=O) groups excluding carboxylic acids is 1. The maximum absolute atomic E-state index is 11.7. The molecule has 3 N–H and O–H groups in total. The molecule has 3 rings (SSSR count). The number of hydrogen-bond acceptors (Lipinski definition) is 6. The van der Waals surface area contributed by atoms with Crippen LogP contribution in [-0.4, -0.2) is 54.6 Å². The molecule has 138 valence electrons. The van der Waals surface area contributed by atoms with Gasteiger partial charge in [0.15, 0.2) is 0 Å². The van der Waals surface area contributed by atoms with Gasteiger partial charge in [0.25, 0.3) is 0 Å². The van der Waals surface area contributed by atoms with E-state index in [2.05, 4.69) is 38.1 Å². The van der Waals surface area contributed by atoms with E-state index in [4.69, 9.17) is 5.73 Å². The van der Waals surface area contributed by atoms with Crippen LogP contribution in [0.15, 0.2) is 12.4 Å². The van der Waals surface area contributed by atoms with E-state index in [-0.39, 0.29) is 18.5 Å². The SMILES string of the molecule is CCC[C@H]1CN(c2cc(N3CCCCC3)ncn2)C[C@@H]1NC(=O)CN. The Balaban J connectivity index is 1.71. The minimum atomic E-state index is -0.0790. The highest BCUT2D eigenvalue weighted by atomic mass is 16.1. The Kier molecular flexibility index (Phi) is 6.07. The maximum Gasteiger partial charge on any atom is 0.234 e. The number of amides is 1. The Morgan fingerprint density at radius 3 is 2.60 bits per heavy atom. The Bertz CT molecular complexity index is 574. The first-order chi connectivity index (χ1) is 12.2. The Labute approximate surface area is 150 Å². The van der Waals surface area contributed by atoms with Gasteiger partial charge in [-0.15, -0.1) is 0 Å². The third-order valence-electron chi connectivity index (χ3n) is 5.27. The average Bonchev–Trinajstić information content (AvgIpc) is 3.05. The van der Waals surface area contributed by atoms with Crippen LogP contribution in [0.1, 0.15) is 39.0 Å². The van der Waals surface area contributed by atoms with Crippen molar-refractivity contribution in [1.29, 1.82) is 0 Å². The molecule has 1 aromatic rings. The standard InChI is InChI=1S/C18H30N6O/c1-2-6-14-11-24(12-15(14)22-18(25)10-19)17-9-16(20-13-21-17)23-7-4-3-5-8-23/h9,13-15H,2-8,10-12,19H2,1H3,(H,22,25)/t14-,15-/m0/s1. The Hall–Kier alpha value is -1.89. The molecule has 0 bridgehead atoms. The van der Waals surface area contributed by atoms with Crippen LogP contribution >= 0.6 is 0 Å². The molecular weight excluding hydrogens is 316 g/mol. The molecule has 0 aromatic carbocycles. The molecule has 25 heavy (non-hydrogen) atoms. The van der Waals surface area contributed by atoms with E-state index in [1.54, 1.807) is 6.33 Å². The zero-order chi connectivity index (χ0) is 17.6. The number of piperidine rings is 1. The highest BCUT2D eigenvalue weighted by Gasteiger charge is 2.33. The van der Waals surface area contributed by atoms with Crippen molar-refractivity contribution in [2.45, 2.75) is 45.1 Å². The lowest BCUT2D eigenvalue weighted by Gasteiger charge is -2.28. The topological polar surface area (TPSA) is 87.4 Å². The van der Waals surface area contributed by atoms with Gasteiger partial charge in [-0.25, -0.2) is 9.97 Å². The molecule has 2 saturated heterocycles. The molecule has 7 heteroatoms. The number of aromatic nitrogens is 2. The second-order valence-corrected chi connectivity index (χ2v) is 7.11. The van der Waals surface area contributed by atoms with Gasteiger partial charge in [-0.2, -0.15) is 0 Å². The highest BCUT2D eigenvalue weighted by molar-refractivity contribution is 5.78. The number of nitrogens with zero attached hydrogens (tertiary/aromatic N) is 4. The van der Waals surface area contributed by atoms with Crippen LogP contribution in [0.5, 0.6) is 0 Å². The zero-order valence-corrected chi connectivity index (χ0v) is 15.2. The van der Waals surface area contributed by atoms with Crippen LogP contribution < -0.4 is 20.9 Å². The molecule has 2 fully saturated rings. The smallest absolute Gasteiger partial charge is 0.234 e. The van der Waals surface area contributed by atoms with Crippen molar-refractivity contribution in [3.05, 3.63) is 12.4 Å². The number of rotatable bonds is 6. The van der Waals surface area contributed by atoms with E-state index in [9.17, 15) is 4.79 Å². The number of carbonyl (C=O) groups is 1. The van der Waals surface area contributed by atoms with Crippen molar-refractivity contribution >= 4 is 17.5 Å². The summed E-state index contributed by atoms with van der Waals surface area (Å²) in [7, 11) is 0. The summed E-state index contributed by atoms with van der Waals surface area (Å²) in [5.41, 5.74) is 5.47. The first-order valence-electron chi connectivity index (χ1n) is 9.52. The molecule has 3 heterocycles. The van der Waals surface area contributed by atoms with Crippen LogP contribution in [0.3, 0.4) is 0 Å². The molecule has 2 atom stereocenters. The summed E-state index contributed by atoms with van der Waals surface area (Å²) in [5.74, 6) is 2.34. The molecule has 0 spiro atoms. The van der Waals surface area contributed by atoms with Crippen molar-refractivity contribution in [2.75, 3.05) is 42.5 Å². The van der Waals surface area contributed by atoms with Gasteiger partial charge in [-0.1, -0.05) is 13.3 Å². The predicted octanol–water partition coefficient (Wildman–Crippen LogP) is 1.15. The quantitative estimate of drug-likeness (QED) is 0.803. The molecule has 2 aliphatic heterocycles. The van der Waals surface area contributed by atoms with Crippen LogP contribution in [-0.2, 0) is 4.79 Å². The fourth-order valence-electron chi connectivity index (χ4n) is 3.96. The molecular formula is C18H30N6O. The molecule has 0 aliphatic carbocycles. The van der Waals surface area contributed by atoms with Gasteiger partial charge in [0.1, 0.15) is 18.0 Å². The predicted molar refractivity (Wildman–Crippen MR) is 99.7 cm³/mol. The third-order valence-corrected chi connectivity index (χ3v) is 5.27. The van der Waals surface area contributed by atoms with Crippen LogP contribution in [0, 0.1) is 5.92 Å². The molecule has 2 aliphatic rings. The van der Waals surface area contributed by atoms with Crippen LogP contribution in [0.4, 0.5) is 11.6 Å². The van der Waals surface area contributed by atoms with Crippen LogP contribution in [0.2, 0.25) is 0 Å². The minimum Gasteiger partial charge on any atom is -0.356 e. The van der Waals surface area contributed by atoms with E-state index in [0.29, 0.717) is 5.92 Å². The Morgan fingerprint density at radius 1 is 1.20 bits per heavy atom. The fraction of sp³-hybridized carbons (Fsp3) is 0.722. The largest absolute Gasteiger partial charge is 0.356 e. The lowest BCUT2D eigenvalue weighted by atomic mass is 9.98. The molecule has 1 aromatic heterocycles. The lowest BCUT2D eigenvalue weighted by molar-refractivity contribution is -0.120. The number of hydrogen-bond donors (Lipinski definition) is 2. The molecule has 0 radical (unpaired) electrons. The average molecular weight is 346 g/mol. The molecule has 1 amide bonds. The normalized spacial score (nSPS) is 23.8. The summed E-state index contributed by atoms with van der Waals surface area (Å²) in [4.78, 5) is 25.3. The van der Waals surface area contributed by atoms with Gasteiger partial charge in [0, 0.05) is 32.2 Å². The number of nitrogens with one attached hydrogen (secondary N) is 1. The second-order valence-electron chi connectivity index (χ2n) is 7.11. The number of nitrogens with two attached hydrogens (primary N) is 1. The summed E-state index contributed by atoms with van der Waals surface area (Å²) < 4.78 is 0. The van der Waals surface area contributed by atoms with Crippen molar-refractivity contribution in [3.63, 3.8) is 0 Å². The summed E-state index contributed by atoms with van der Waals surface area (Å²) >= 11 is 0. The summed E-state index contributed by atoms with van der Waals surface area (Å²) in [6.45, 7) is 6.08. The summed E-state index contributed by atoms with van der Waals surface area (Å²) in [6, 6.07) is 2.24. The second kappa shape index (κ2) is 8.47. The van der Waals surface area contributed by atoms with Crippen LogP contribution in [0.25, 0.3) is 0 Å². The van der Waals surface area contributed by atoms with Gasteiger partial charge < -0.3 is 20.9 Å². The highest BCUT2D eigenvalue weighted by Crippen LogP contribution is 2.28. The van der Waals surface area contributed by atoms with Gasteiger partial charge in [0.2, 0.25) is 5.91 Å². The summed E-state index contributed by atoms with van der Waals surface area (Å²) in [6.07, 6.45) is 7.64. The van der Waals surface area contributed by atoms with Gasteiger partial charge >= 0.3 is 0 Å². The summed E-state index contributed by atoms with van der Waals surface area (Å²) in [5, 5.41) is 3.08. The minimum absolute atomic E-state index is 0.0436. The monoisotopic (exact) mass is 346 g/mol. The molecule has 0 unspecified atom stereocenters. The van der Waals surface area contributed by atoms with E-state index in [1.807, 2.05) is 0 Å². The third kappa shape index (κ3) is 4.39. The van der Waals surface area contributed by atoms with Crippen molar-refractivity contribution in [2.24, 2.45) is 11.7 Å². The van der Waals surface area contributed by atoms with E-state index in [1.165, 1.54) is 19.3 Å². The van der Waals surface area contributed by atoms with Crippen molar-refractivity contribution < 1.29 is 4.79 Å². The lowest BCUT2D eigenvalue weighted by Crippen LogP contribution is -2.43. The van der Waals surface area contributed by atoms with Crippen molar-refractivity contribution in [1.82, 2.24) is 15.3 Å². The van der Waals surface area contributed by atoms with Gasteiger partial charge in [-0.3, -0.25) is 4.79 Å². The molecule has 7 nitrogen and oxygen atoms in total. The van der Waals surface area contributed by atoms with Gasteiger partial charge in [0.05, 0.1) is 12.6 Å². The van der Waals surface area contributed by atoms with E-state index in [0.717, 1.165) is 50.7 Å². The van der Waals surface area contributed by atoms with Crippen molar-refractivity contribution in [3.8, 4) is 0 Å².